The smallest absolute Gasteiger partial charge is 0.195 e. The Hall–Kier alpha value is -2.98. The van der Waals surface area contributed by atoms with Crippen molar-refractivity contribution in [2.24, 2.45) is 0 Å². The molecule has 0 saturated carbocycles. The summed E-state index contributed by atoms with van der Waals surface area (Å²) >= 11 is 4.87. The molecule has 0 radical (unpaired) electrons. The lowest BCUT2D eigenvalue weighted by Gasteiger charge is -2.05. The normalized spacial score (nSPS) is 9.62. The molecule has 0 aliphatic carbocycles. The largest absolute Gasteiger partial charge is 0.398 e. The van der Waals surface area contributed by atoms with E-state index >= 15 is 0 Å². The van der Waals surface area contributed by atoms with Crippen molar-refractivity contribution in [3.05, 3.63) is 95.6 Å². The lowest BCUT2D eigenvalue weighted by Crippen LogP contribution is -2.05. The third kappa shape index (κ3) is 5.83. The highest BCUT2D eigenvalue weighted by molar-refractivity contribution is 7.80. The van der Waals surface area contributed by atoms with Crippen LogP contribution in [0.15, 0.2) is 78.9 Å². The third-order valence-corrected chi connectivity index (χ3v) is 3.68. The minimum atomic E-state index is -0.0295. The van der Waals surface area contributed by atoms with E-state index in [2.05, 4.69) is 5.32 Å². The Kier molecular flexibility index (Phi) is 7.06. The van der Waals surface area contributed by atoms with Gasteiger partial charge in [-0.05, 0) is 43.7 Å². The first-order valence-corrected chi connectivity index (χ1v) is 8.66. The number of carbonyl (C=O) groups is 1. The van der Waals surface area contributed by atoms with Gasteiger partial charge in [0, 0.05) is 22.5 Å². The lowest BCUT2D eigenvalue weighted by molar-refractivity contribution is 0.103. The van der Waals surface area contributed by atoms with Crippen molar-refractivity contribution in [3.63, 3.8) is 0 Å². The molecule has 3 aromatic rings. The Bertz CT molecular complexity index is 877. The number of rotatable bonds is 3. The molecular weight excluding hydrogens is 340 g/mol. The van der Waals surface area contributed by atoms with Crippen molar-refractivity contribution in [3.8, 4) is 0 Å². The van der Waals surface area contributed by atoms with Crippen LogP contribution in [0, 0.1) is 6.92 Å². The summed E-state index contributed by atoms with van der Waals surface area (Å²) in [5.74, 6) is -0.0295. The molecule has 26 heavy (non-hydrogen) atoms. The Balaban J connectivity index is 0.000000209. The molecule has 0 bridgehead atoms. The van der Waals surface area contributed by atoms with Crippen LogP contribution in [-0.2, 0) is 0 Å². The zero-order chi connectivity index (χ0) is 18.9. The molecule has 3 N–H and O–H groups in total. The van der Waals surface area contributed by atoms with E-state index in [0.717, 1.165) is 16.2 Å². The third-order valence-electron chi connectivity index (χ3n) is 3.58. The average molecular weight is 362 g/mol. The molecule has 0 unspecified atom stereocenters. The number of hydrogen-bond acceptors (Lipinski definition) is 3. The molecule has 3 aromatic carbocycles. The number of carbonyl (C=O) groups excluding carboxylic acids is 1. The number of nitrogen functional groups attached to an aromatic ring is 1. The Morgan fingerprint density at radius 1 is 0.923 bits per heavy atom. The second-order valence-corrected chi connectivity index (χ2v) is 6.45. The van der Waals surface area contributed by atoms with Crippen LogP contribution < -0.4 is 11.1 Å². The summed E-state index contributed by atoms with van der Waals surface area (Å²) in [6, 6.07) is 24.5. The van der Waals surface area contributed by atoms with Gasteiger partial charge in [-0.1, -0.05) is 66.8 Å². The van der Waals surface area contributed by atoms with Crippen LogP contribution in [0.5, 0.6) is 0 Å². The number of hydrogen-bond donors (Lipinski definition) is 2. The summed E-state index contributed by atoms with van der Waals surface area (Å²) in [6.45, 7) is 3.81. The van der Waals surface area contributed by atoms with Gasteiger partial charge in [0.2, 0.25) is 0 Å². The number of nitrogens with one attached hydrogen (secondary N) is 1. The monoisotopic (exact) mass is 362 g/mol. The van der Waals surface area contributed by atoms with E-state index < -0.39 is 0 Å². The average Bonchev–Trinajstić information content (AvgIpc) is 2.63. The van der Waals surface area contributed by atoms with Gasteiger partial charge in [-0.2, -0.15) is 0 Å². The second kappa shape index (κ2) is 9.49. The summed E-state index contributed by atoms with van der Waals surface area (Å²) in [5, 5.41) is 3.04. The number of benzene rings is 3. The highest BCUT2D eigenvalue weighted by Gasteiger charge is 2.11. The van der Waals surface area contributed by atoms with Crippen LogP contribution in [0.4, 0.5) is 11.4 Å². The molecule has 4 heteroatoms. The number of thiocarbonyl (C=S) groups is 1. The van der Waals surface area contributed by atoms with Crippen LogP contribution in [0.3, 0.4) is 0 Å². The summed E-state index contributed by atoms with van der Waals surface area (Å²) in [5.41, 5.74) is 9.71. The number of nitrogens with two attached hydrogens (primary N) is 1. The molecule has 0 heterocycles. The fourth-order valence-corrected chi connectivity index (χ4v) is 2.48. The van der Waals surface area contributed by atoms with Crippen molar-refractivity contribution in [2.45, 2.75) is 13.8 Å². The molecule has 0 spiro atoms. The predicted octanol–water partition coefficient (Wildman–Crippen LogP) is 5.25. The van der Waals surface area contributed by atoms with Crippen LogP contribution in [0.1, 0.15) is 28.4 Å². The number of anilines is 2. The summed E-state index contributed by atoms with van der Waals surface area (Å²) in [7, 11) is 0. The first kappa shape index (κ1) is 19.3. The Labute approximate surface area is 159 Å². The number of para-hydroxylation sites is 1. The van der Waals surface area contributed by atoms with E-state index in [1.54, 1.807) is 18.2 Å². The molecule has 0 aliphatic heterocycles. The molecular formula is C22H22N2OS. The van der Waals surface area contributed by atoms with Gasteiger partial charge in [0.05, 0.1) is 4.99 Å². The summed E-state index contributed by atoms with van der Waals surface area (Å²) in [6.07, 6.45) is 0. The van der Waals surface area contributed by atoms with E-state index in [-0.39, 0.29) is 5.78 Å². The molecule has 3 rings (SSSR count). The van der Waals surface area contributed by atoms with E-state index in [9.17, 15) is 4.79 Å². The summed E-state index contributed by atoms with van der Waals surface area (Å²) in [4.78, 5) is 12.9. The minimum absolute atomic E-state index is 0.0295. The standard InChI is InChI=1S/C14H13NO.C8H9NS/c1-10-7-8-12(13(15)9-10)14(16)11-5-3-2-4-6-11;1-7(10)9-8-5-3-2-4-6-8/h2-9H,15H2,1H3;2-6H,1H3,(H,9,10). The van der Waals surface area contributed by atoms with Gasteiger partial charge in [0.25, 0.3) is 0 Å². The van der Waals surface area contributed by atoms with E-state index in [4.69, 9.17) is 18.0 Å². The van der Waals surface area contributed by atoms with Crippen LogP contribution in [0.25, 0.3) is 0 Å². The molecule has 3 nitrogen and oxygen atoms in total. The Morgan fingerprint density at radius 3 is 2.04 bits per heavy atom. The van der Waals surface area contributed by atoms with E-state index in [1.165, 1.54) is 0 Å². The quantitative estimate of drug-likeness (QED) is 0.379. The maximum Gasteiger partial charge on any atom is 0.195 e. The van der Waals surface area contributed by atoms with Gasteiger partial charge in [0.1, 0.15) is 0 Å². The van der Waals surface area contributed by atoms with Crippen LogP contribution in [-0.4, -0.2) is 10.8 Å². The fraction of sp³-hybridized carbons (Fsp3) is 0.0909. The van der Waals surface area contributed by atoms with Gasteiger partial charge >= 0.3 is 0 Å². The Morgan fingerprint density at radius 2 is 1.50 bits per heavy atom. The minimum Gasteiger partial charge on any atom is -0.398 e. The summed E-state index contributed by atoms with van der Waals surface area (Å²) < 4.78 is 0. The number of ketones is 1. The topological polar surface area (TPSA) is 55.1 Å². The van der Waals surface area contributed by atoms with Gasteiger partial charge in [0.15, 0.2) is 5.78 Å². The molecule has 0 aromatic heterocycles. The maximum atomic E-state index is 12.1. The van der Waals surface area contributed by atoms with Crippen molar-refractivity contribution in [2.75, 3.05) is 11.1 Å². The molecule has 0 atom stereocenters. The molecule has 0 fully saturated rings. The highest BCUT2D eigenvalue weighted by atomic mass is 32.1. The lowest BCUT2D eigenvalue weighted by atomic mass is 10.0. The van der Waals surface area contributed by atoms with Gasteiger partial charge in [-0.15, -0.1) is 0 Å². The second-order valence-electron chi connectivity index (χ2n) is 5.83. The van der Waals surface area contributed by atoms with Crippen molar-refractivity contribution in [1.29, 1.82) is 0 Å². The van der Waals surface area contributed by atoms with Crippen molar-refractivity contribution in [1.82, 2.24) is 0 Å². The first-order chi connectivity index (χ1) is 12.5. The van der Waals surface area contributed by atoms with Crippen LogP contribution >= 0.6 is 12.2 Å². The zero-order valence-corrected chi connectivity index (χ0v) is 15.7. The predicted molar refractivity (Wildman–Crippen MR) is 114 cm³/mol. The van der Waals surface area contributed by atoms with Crippen LogP contribution in [0.2, 0.25) is 0 Å². The zero-order valence-electron chi connectivity index (χ0n) is 14.9. The van der Waals surface area contributed by atoms with Gasteiger partial charge in [-0.3, -0.25) is 4.79 Å². The SMILES string of the molecule is CC(=S)Nc1ccccc1.Cc1ccc(C(=O)c2ccccc2)c(N)c1. The van der Waals surface area contributed by atoms with E-state index in [1.807, 2.05) is 74.5 Å². The highest BCUT2D eigenvalue weighted by Crippen LogP contribution is 2.17. The molecule has 0 saturated heterocycles. The fourth-order valence-electron chi connectivity index (χ4n) is 2.36. The van der Waals surface area contributed by atoms with Crippen molar-refractivity contribution < 1.29 is 4.79 Å². The number of aryl methyl sites for hydroxylation is 1. The molecule has 0 amide bonds. The van der Waals surface area contributed by atoms with Gasteiger partial charge < -0.3 is 11.1 Å². The van der Waals surface area contributed by atoms with E-state index in [0.29, 0.717) is 16.8 Å². The van der Waals surface area contributed by atoms with Crippen molar-refractivity contribution >= 4 is 34.4 Å². The first-order valence-electron chi connectivity index (χ1n) is 8.26. The maximum absolute atomic E-state index is 12.1. The van der Waals surface area contributed by atoms with Gasteiger partial charge in [-0.25, -0.2) is 0 Å². The molecule has 132 valence electrons. The molecule has 0 aliphatic rings.